The number of hydrogen-bond acceptors (Lipinski definition) is 3. The minimum atomic E-state index is -0.974. The zero-order chi connectivity index (χ0) is 19.2. The summed E-state index contributed by atoms with van der Waals surface area (Å²) in [5.74, 6) is -1.000. The van der Waals surface area contributed by atoms with Gasteiger partial charge in [-0.2, -0.15) is 8.78 Å². The second-order valence-electron chi connectivity index (χ2n) is 7.88. The van der Waals surface area contributed by atoms with Crippen LogP contribution in [0.4, 0.5) is 8.78 Å². The van der Waals surface area contributed by atoms with Crippen LogP contribution in [0.2, 0.25) is 0 Å². The van der Waals surface area contributed by atoms with Gasteiger partial charge in [0.15, 0.2) is 11.5 Å². The van der Waals surface area contributed by atoms with Crippen LogP contribution < -0.4 is 9.47 Å². The maximum absolute atomic E-state index is 14.1. The first kappa shape index (κ1) is 20.4. The zero-order valence-corrected chi connectivity index (χ0v) is 16.5. The molecule has 2 fully saturated rings. The van der Waals surface area contributed by atoms with E-state index in [0.717, 1.165) is 25.7 Å². The molecule has 152 valence electrons. The molecule has 1 saturated carbocycles. The molecular formula is C22H32F2O3. The van der Waals surface area contributed by atoms with Gasteiger partial charge in [-0.1, -0.05) is 13.3 Å². The van der Waals surface area contributed by atoms with Crippen molar-refractivity contribution in [1.82, 2.24) is 0 Å². The Labute approximate surface area is 161 Å². The average Bonchev–Trinajstić information content (AvgIpc) is 3.14. The first-order valence-electron chi connectivity index (χ1n) is 10.5. The Balaban J connectivity index is 1.44. The van der Waals surface area contributed by atoms with Gasteiger partial charge in [0.25, 0.3) is 0 Å². The molecule has 0 amide bonds. The minimum Gasteiger partial charge on any atom is -0.491 e. The van der Waals surface area contributed by atoms with E-state index in [4.69, 9.17) is 14.2 Å². The van der Waals surface area contributed by atoms with Crippen molar-refractivity contribution >= 4 is 0 Å². The van der Waals surface area contributed by atoms with Crippen LogP contribution in [-0.2, 0) is 4.74 Å². The zero-order valence-electron chi connectivity index (χ0n) is 16.5. The van der Waals surface area contributed by atoms with Crippen molar-refractivity contribution in [2.75, 3.05) is 13.2 Å². The molecule has 1 aromatic rings. The summed E-state index contributed by atoms with van der Waals surface area (Å²) in [4.78, 5) is 0. The molecule has 2 atom stereocenters. The van der Waals surface area contributed by atoms with E-state index in [2.05, 4.69) is 6.92 Å². The lowest BCUT2D eigenvalue weighted by atomic mass is 9.79. The van der Waals surface area contributed by atoms with E-state index in [0.29, 0.717) is 37.3 Å². The highest BCUT2D eigenvalue weighted by Crippen LogP contribution is 2.38. The van der Waals surface area contributed by atoms with Crippen molar-refractivity contribution in [3.05, 3.63) is 23.8 Å². The van der Waals surface area contributed by atoms with E-state index in [-0.39, 0.29) is 11.5 Å². The Bertz CT molecular complexity index is 599. The summed E-state index contributed by atoms with van der Waals surface area (Å²) >= 11 is 0. The first-order valence-corrected chi connectivity index (χ1v) is 10.5. The molecule has 27 heavy (non-hydrogen) atoms. The molecule has 2 aliphatic rings. The predicted octanol–water partition coefficient (Wildman–Crippen LogP) is 5.90. The third kappa shape index (κ3) is 5.13. The lowest BCUT2D eigenvalue weighted by molar-refractivity contribution is -0.00904. The van der Waals surface area contributed by atoms with Crippen LogP contribution >= 0.6 is 0 Å². The Morgan fingerprint density at radius 3 is 2.22 bits per heavy atom. The Hall–Kier alpha value is -1.36. The van der Waals surface area contributed by atoms with Gasteiger partial charge >= 0.3 is 0 Å². The van der Waals surface area contributed by atoms with Crippen molar-refractivity contribution in [1.29, 1.82) is 0 Å². The molecule has 1 aliphatic carbocycles. The molecule has 1 saturated heterocycles. The molecule has 1 heterocycles. The van der Waals surface area contributed by atoms with Gasteiger partial charge in [0.1, 0.15) is 0 Å². The highest BCUT2D eigenvalue weighted by Gasteiger charge is 2.34. The standard InChI is InChI=1S/C22H32F2O3/c1-3-5-17-10-11-18(27-17)16-8-6-15(7-9-16)14-26-20-13-12-19(25-4-2)21(23)22(20)24/h12-13,15-18H,3-11,14H2,1-2H3. The van der Waals surface area contributed by atoms with Gasteiger partial charge in [-0.3, -0.25) is 0 Å². The topological polar surface area (TPSA) is 27.7 Å². The van der Waals surface area contributed by atoms with Gasteiger partial charge in [-0.15, -0.1) is 0 Å². The fourth-order valence-electron chi connectivity index (χ4n) is 4.44. The van der Waals surface area contributed by atoms with Crippen LogP contribution in [0.15, 0.2) is 12.1 Å². The Morgan fingerprint density at radius 2 is 1.59 bits per heavy atom. The smallest absolute Gasteiger partial charge is 0.204 e. The molecular weight excluding hydrogens is 350 g/mol. The second kappa shape index (κ2) is 9.72. The van der Waals surface area contributed by atoms with Crippen molar-refractivity contribution in [2.24, 2.45) is 11.8 Å². The van der Waals surface area contributed by atoms with Crippen molar-refractivity contribution in [2.45, 2.75) is 77.4 Å². The van der Waals surface area contributed by atoms with Crippen LogP contribution in [0.5, 0.6) is 11.5 Å². The molecule has 0 radical (unpaired) electrons. The van der Waals surface area contributed by atoms with Gasteiger partial charge in [0, 0.05) is 0 Å². The number of halogens is 2. The summed E-state index contributed by atoms with van der Waals surface area (Å²) in [6.07, 6.45) is 10.0. The fraction of sp³-hybridized carbons (Fsp3) is 0.727. The van der Waals surface area contributed by atoms with Gasteiger partial charge in [0.2, 0.25) is 11.6 Å². The van der Waals surface area contributed by atoms with E-state index >= 15 is 0 Å². The third-order valence-corrected chi connectivity index (χ3v) is 5.95. The molecule has 3 rings (SSSR count). The molecule has 1 aromatic carbocycles. The Morgan fingerprint density at radius 1 is 0.926 bits per heavy atom. The summed E-state index contributed by atoms with van der Waals surface area (Å²) in [6.45, 7) is 4.67. The third-order valence-electron chi connectivity index (χ3n) is 5.95. The van der Waals surface area contributed by atoms with Gasteiger partial charge in [0.05, 0.1) is 25.4 Å². The molecule has 2 unspecified atom stereocenters. The molecule has 5 heteroatoms. The van der Waals surface area contributed by atoms with E-state index < -0.39 is 11.6 Å². The SMILES string of the molecule is CCCC1CCC(C2CCC(COc3ccc(OCC)c(F)c3F)CC2)O1. The summed E-state index contributed by atoms with van der Waals surface area (Å²) in [6, 6.07) is 2.88. The van der Waals surface area contributed by atoms with Crippen molar-refractivity contribution in [3.63, 3.8) is 0 Å². The van der Waals surface area contributed by atoms with E-state index in [1.165, 1.54) is 37.8 Å². The highest BCUT2D eigenvalue weighted by atomic mass is 19.2. The van der Waals surface area contributed by atoms with Crippen LogP contribution in [0.1, 0.15) is 65.2 Å². The molecule has 0 spiro atoms. The van der Waals surface area contributed by atoms with Gasteiger partial charge in [-0.25, -0.2) is 0 Å². The first-order chi connectivity index (χ1) is 13.1. The van der Waals surface area contributed by atoms with Crippen LogP contribution in [0, 0.1) is 23.5 Å². The quantitative estimate of drug-likeness (QED) is 0.560. The van der Waals surface area contributed by atoms with E-state index in [1.54, 1.807) is 6.92 Å². The molecule has 0 bridgehead atoms. The maximum atomic E-state index is 14.1. The van der Waals surface area contributed by atoms with Crippen molar-refractivity contribution < 1.29 is 23.0 Å². The summed E-state index contributed by atoms with van der Waals surface area (Å²) in [5.41, 5.74) is 0. The highest BCUT2D eigenvalue weighted by molar-refractivity contribution is 5.35. The van der Waals surface area contributed by atoms with Crippen LogP contribution in [0.25, 0.3) is 0 Å². The molecule has 1 aliphatic heterocycles. The largest absolute Gasteiger partial charge is 0.491 e. The maximum Gasteiger partial charge on any atom is 0.204 e. The van der Waals surface area contributed by atoms with E-state index in [9.17, 15) is 8.78 Å². The van der Waals surface area contributed by atoms with Gasteiger partial charge in [-0.05, 0) is 75.8 Å². The number of hydrogen-bond donors (Lipinski definition) is 0. The number of ether oxygens (including phenoxy) is 3. The summed E-state index contributed by atoms with van der Waals surface area (Å²) < 4.78 is 44.9. The monoisotopic (exact) mass is 382 g/mol. The normalized spacial score (nSPS) is 28.3. The summed E-state index contributed by atoms with van der Waals surface area (Å²) in [7, 11) is 0. The lowest BCUT2D eigenvalue weighted by Crippen LogP contribution is -2.28. The van der Waals surface area contributed by atoms with Crippen molar-refractivity contribution in [3.8, 4) is 11.5 Å². The van der Waals surface area contributed by atoms with Gasteiger partial charge < -0.3 is 14.2 Å². The Kier molecular flexibility index (Phi) is 7.33. The minimum absolute atomic E-state index is 0.0281. The second-order valence-corrected chi connectivity index (χ2v) is 7.88. The summed E-state index contributed by atoms with van der Waals surface area (Å²) in [5, 5.41) is 0. The molecule has 0 aromatic heterocycles. The molecule has 3 nitrogen and oxygen atoms in total. The predicted molar refractivity (Wildman–Crippen MR) is 101 cm³/mol. The fourth-order valence-corrected chi connectivity index (χ4v) is 4.44. The number of benzene rings is 1. The average molecular weight is 382 g/mol. The van der Waals surface area contributed by atoms with E-state index in [1.807, 2.05) is 0 Å². The number of rotatable bonds is 8. The van der Waals surface area contributed by atoms with Crippen LogP contribution in [-0.4, -0.2) is 25.4 Å². The lowest BCUT2D eigenvalue weighted by Gasteiger charge is -2.32. The van der Waals surface area contributed by atoms with Crippen LogP contribution in [0.3, 0.4) is 0 Å². The molecule has 0 N–H and O–H groups in total.